The summed E-state index contributed by atoms with van der Waals surface area (Å²) in [6, 6.07) is 23.8. The fourth-order valence-corrected chi connectivity index (χ4v) is 3.27. The summed E-state index contributed by atoms with van der Waals surface area (Å²) in [5, 5.41) is 28.8. The number of carbonyl (C=O) groups excluding carboxylic acids is 1. The predicted octanol–water partition coefficient (Wildman–Crippen LogP) is 4.32. The van der Waals surface area contributed by atoms with E-state index in [-0.39, 0.29) is 11.5 Å². The van der Waals surface area contributed by atoms with Crippen molar-refractivity contribution < 1.29 is 15.0 Å². The maximum absolute atomic E-state index is 12.5. The molecule has 1 atom stereocenters. The smallest absolute Gasteiger partial charge is 0.268 e. The third-order valence-electron chi connectivity index (χ3n) is 4.81. The fraction of sp³-hybridized carbons (Fsp3) is 0.0417. The van der Waals surface area contributed by atoms with Gasteiger partial charge in [0.2, 0.25) is 0 Å². The van der Waals surface area contributed by atoms with Crippen molar-refractivity contribution in [2.24, 2.45) is 10.9 Å². The first kappa shape index (κ1) is 18.2. The van der Waals surface area contributed by atoms with Crippen LogP contribution in [0, 0.1) is 17.2 Å². The van der Waals surface area contributed by atoms with Gasteiger partial charge in [-0.25, -0.2) is 4.99 Å². The summed E-state index contributed by atoms with van der Waals surface area (Å²) in [4.78, 5) is 16.6. The number of benzene rings is 3. The van der Waals surface area contributed by atoms with E-state index in [0.29, 0.717) is 16.8 Å². The standard InChI is InChI=1S/C24H16N2O3/c25-14-20-19(18-10-11-22(27)23(28)12-18)13-21(26-24(20)29)17-8-6-16(7-9-17)15-4-2-1-3-5-15/h1-13,20,27-28H. The number of hydrogen-bond acceptors (Lipinski definition) is 4. The lowest BCUT2D eigenvalue weighted by Gasteiger charge is -2.18. The van der Waals surface area contributed by atoms with Crippen molar-refractivity contribution in [3.8, 4) is 28.7 Å². The van der Waals surface area contributed by atoms with Crippen molar-refractivity contribution in [1.29, 1.82) is 5.26 Å². The number of phenols is 2. The molecule has 3 aromatic carbocycles. The topological polar surface area (TPSA) is 93.7 Å². The van der Waals surface area contributed by atoms with Gasteiger partial charge in [-0.2, -0.15) is 5.26 Å². The minimum Gasteiger partial charge on any atom is -0.504 e. The number of aromatic hydroxyl groups is 2. The Morgan fingerprint density at radius 1 is 0.793 bits per heavy atom. The molecule has 0 spiro atoms. The van der Waals surface area contributed by atoms with Crippen LogP contribution in [-0.4, -0.2) is 21.8 Å². The molecule has 5 heteroatoms. The van der Waals surface area contributed by atoms with Crippen molar-refractivity contribution in [1.82, 2.24) is 0 Å². The van der Waals surface area contributed by atoms with Crippen LogP contribution in [0.3, 0.4) is 0 Å². The molecule has 140 valence electrons. The van der Waals surface area contributed by atoms with Gasteiger partial charge < -0.3 is 10.2 Å². The van der Waals surface area contributed by atoms with Crippen LogP contribution >= 0.6 is 0 Å². The highest BCUT2D eigenvalue weighted by Crippen LogP contribution is 2.34. The van der Waals surface area contributed by atoms with Crippen LogP contribution in [0.2, 0.25) is 0 Å². The molecule has 0 radical (unpaired) electrons. The molecule has 3 aromatic rings. The van der Waals surface area contributed by atoms with Crippen molar-refractivity contribution in [2.75, 3.05) is 0 Å². The molecule has 5 nitrogen and oxygen atoms in total. The molecule has 1 amide bonds. The van der Waals surface area contributed by atoms with E-state index in [1.54, 1.807) is 12.1 Å². The molecule has 2 N–H and O–H groups in total. The Balaban J connectivity index is 1.73. The Bertz CT molecular complexity index is 1190. The Morgan fingerprint density at radius 3 is 2.07 bits per heavy atom. The fourth-order valence-electron chi connectivity index (χ4n) is 3.27. The molecule has 0 saturated carbocycles. The van der Waals surface area contributed by atoms with Crippen molar-refractivity contribution in [3.05, 3.63) is 90.0 Å². The minimum absolute atomic E-state index is 0.268. The predicted molar refractivity (Wildman–Crippen MR) is 110 cm³/mol. The number of hydrogen-bond donors (Lipinski definition) is 2. The molecule has 1 aliphatic rings. The average Bonchev–Trinajstić information content (AvgIpc) is 2.76. The molecule has 1 heterocycles. The zero-order valence-electron chi connectivity index (χ0n) is 15.3. The first-order valence-corrected chi connectivity index (χ1v) is 8.99. The molecular formula is C24H16N2O3. The summed E-state index contributed by atoms with van der Waals surface area (Å²) in [6.45, 7) is 0. The van der Waals surface area contributed by atoms with Gasteiger partial charge in [0.15, 0.2) is 17.4 Å². The van der Waals surface area contributed by atoms with E-state index in [4.69, 9.17) is 0 Å². The van der Waals surface area contributed by atoms with Crippen LogP contribution in [0.25, 0.3) is 16.7 Å². The van der Waals surface area contributed by atoms with Crippen LogP contribution in [0.4, 0.5) is 0 Å². The van der Waals surface area contributed by atoms with Gasteiger partial charge in [-0.05, 0) is 40.5 Å². The van der Waals surface area contributed by atoms with E-state index in [1.165, 1.54) is 12.1 Å². The van der Waals surface area contributed by atoms with Crippen LogP contribution < -0.4 is 0 Å². The van der Waals surface area contributed by atoms with E-state index in [2.05, 4.69) is 4.99 Å². The lowest BCUT2D eigenvalue weighted by Crippen LogP contribution is -2.20. The Kier molecular flexibility index (Phi) is 4.68. The Labute approximate surface area is 167 Å². The maximum Gasteiger partial charge on any atom is 0.268 e. The third-order valence-corrected chi connectivity index (χ3v) is 4.81. The van der Waals surface area contributed by atoms with Crippen molar-refractivity contribution in [3.63, 3.8) is 0 Å². The van der Waals surface area contributed by atoms with Crippen molar-refractivity contribution >= 4 is 17.2 Å². The molecule has 0 fully saturated rings. The first-order chi connectivity index (χ1) is 14.1. The third kappa shape index (κ3) is 3.52. The van der Waals surface area contributed by atoms with Gasteiger partial charge in [0.1, 0.15) is 0 Å². The summed E-state index contributed by atoms with van der Waals surface area (Å²) in [5.41, 5.74) is 4.23. The highest BCUT2D eigenvalue weighted by molar-refractivity contribution is 6.21. The number of allylic oxidation sites excluding steroid dienone is 1. The molecule has 4 rings (SSSR count). The molecule has 0 saturated heterocycles. The number of dihydropyridines is 1. The molecular weight excluding hydrogens is 364 g/mol. The largest absolute Gasteiger partial charge is 0.504 e. The number of nitrogens with zero attached hydrogens (tertiary/aromatic N) is 2. The van der Waals surface area contributed by atoms with Crippen molar-refractivity contribution in [2.45, 2.75) is 0 Å². The summed E-state index contributed by atoms with van der Waals surface area (Å²) in [6.07, 6.45) is 1.68. The number of nitriles is 1. The van der Waals surface area contributed by atoms with E-state index in [1.807, 2.05) is 60.7 Å². The molecule has 0 bridgehead atoms. The Hall–Kier alpha value is -4.17. The zero-order valence-corrected chi connectivity index (χ0v) is 15.3. The lowest BCUT2D eigenvalue weighted by atomic mass is 9.88. The minimum atomic E-state index is -1.06. The molecule has 1 unspecified atom stereocenters. The average molecular weight is 380 g/mol. The maximum atomic E-state index is 12.5. The second kappa shape index (κ2) is 7.45. The summed E-state index contributed by atoms with van der Waals surface area (Å²) < 4.78 is 0. The monoisotopic (exact) mass is 380 g/mol. The highest BCUT2D eigenvalue weighted by atomic mass is 16.3. The number of rotatable bonds is 3. The van der Waals surface area contributed by atoms with Gasteiger partial charge >= 0.3 is 0 Å². The number of aliphatic imine (C=N–C) groups is 1. The molecule has 1 aliphatic heterocycles. The first-order valence-electron chi connectivity index (χ1n) is 8.99. The SMILES string of the molecule is N#CC1C(=O)N=C(c2ccc(-c3ccccc3)cc2)C=C1c1ccc(O)c(O)c1. The second-order valence-electron chi connectivity index (χ2n) is 6.64. The van der Waals surface area contributed by atoms with Gasteiger partial charge in [0, 0.05) is 5.56 Å². The molecule has 0 aliphatic carbocycles. The number of carbonyl (C=O) groups is 1. The van der Waals surface area contributed by atoms with Crippen LogP contribution in [0.1, 0.15) is 11.1 Å². The van der Waals surface area contributed by atoms with Crippen LogP contribution in [0.5, 0.6) is 11.5 Å². The van der Waals surface area contributed by atoms with Gasteiger partial charge in [-0.1, -0.05) is 60.7 Å². The van der Waals surface area contributed by atoms with E-state index in [0.717, 1.165) is 16.7 Å². The van der Waals surface area contributed by atoms with Gasteiger partial charge in [0.25, 0.3) is 5.91 Å². The number of phenolic OH excluding ortho intramolecular Hbond substituents is 2. The summed E-state index contributed by atoms with van der Waals surface area (Å²) in [5.74, 6) is -2.20. The lowest BCUT2D eigenvalue weighted by molar-refractivity contribution is -0.118. The summed E-state index contributed by atoms with van der Waals surface area (Å²) in [7, 11) is 0. The quantitative estimate of drug-likeness (QED) is 0.662. The summed E-state index contributed by atoms with van der Waals surface area (Å²) >= 11 is 0. The van der Waals surface area contributed by atoms with Gasteiger partial charge in [0.05, 0.1) is 11.8 Å². The normalized spacial score (nSPS) is 16.0. The molecule has 0 aromatic heterocycles. The van der Waals surface area contributed by atoms with Crippen LogP contribution in [0.15, 0.2) is 83.9 Å². The van der Waals surface area contributed by atoms with Gasteiger partial charge in [-0.15, -0.1) is 0 Å². The molecule has 29 heavy (non-hydrogen) atoms. The van der Waals surface area contributed by atoms with E-state index < -0.39 is 11.8 Å². The number of amides is 1. The Morgan fingerprint density at radius 2 is 1.41 bits per heavy atom. The van der Waals surface area contributed by atoms with Gasteiger partial charge in [-0.3, -0.25) is 4.79 Å². The zero-order chi connectivity index (χ0) is 20.4. The van der Waals surface area contributed by atoms with E-state index >= 15 is 0 Å². The van der Waals surface area contributed by atoms with E-state index in [9.17, 15) is 20.3 Å². The highest BCUT2D eigenvalue weighted by Gasteiger charge is 2.29. The second-order valence-corrected chi connectivity index (χ2v) is 6.64. The van der Waals surface area contributed by atoms with Crippen LogP contribution in [-0.2, 0) is 4.79 Å².